The van der Waals surface area contributed by atoms with Gasteiger partial charge in [-0.05, 0) is 6.07 Å². The van der Waals surface area contributed by atoms with Crippen LogP contribution in [0.3, 0.4) is 0 Å². The van der Waals surface area contributed by atoms with Gasteiger partial charge in [-0.2, -0.15) is 0 Å². The van der Waals surface area contributed by atoms with Crippen LogP contribution in [0.25, 0.3) is 10.9 Å². The van der Waals surface area contributed by atoms with Gasteiger partial charge >= 0.3 is 0 Å². The highest BCUT2D eigenvalue weighted by Crippen LogP contribution is 2.17. The van der Waals surface area contributed by atoms with Crippen LogP contribution >= 0.6 is 12.6 Å². The van der Waals surface area contributed by atoms with Gasteiger partial charge in [-0.15, -0.1) is 12.6 Å². The summed E-state index contributed by atoms with van der Waals surface area (Å²) in [6, 6.07) is 5.82. The molecule has 54 valence electrons. The first-order valence-corrected chi connectivity index (χ1v) is 3.70. The molecule has 0 spiro atoms. The van der Waals surface area contributed by atoms with E-state index in [1.54, 1.807) is 6.20 Å². The van der Waals surface area contributed by atoms with Crippen molar-refractivity contribution in [3.8, 4) is 0 Å². The summed E-state index contributed by atoms with van der Waals surface area (Å²) in [6.07, 6.45) is 3.31. The minimum Gasteiger partial charge on any atom is -0.244 e. The molecule has 2 rings (SSSR count). The molecule has 2 nitrogen and oxygen atoms in total. The number of aromatic nitrogens is 2. The number of hydrogen-bond donors (Lipinski definition) is 1. The third-order valence-electron chi connectivity index (χ3n) is 1.51. The number of thiol groups is 1. The predicted octanol–water partition coefficient (Wildman–Crippen LogP) is 1.92. The average molecular weight is 162 g/mol. The maximum Gasteiger partial charge on any atom is 0.116 e. The fourth-order valence-corrected chi connectivity index (χ4v) is 1.27. The highest BCUT2D eigenvalue weighted by Gasteiger charge is 1.95. The van der Waals surface area contributed by atoms with Crippen LogP contribution < -0.4 is 0 Å². The van der Waals surface area contributed by atoms with Crippen LogP contribution in [0.5, 0.6) is 0 Å². The zero-order chi connectivity index (χ0) is 7.68. The first-order chi connectivity index (χ1) is 5.38. The molecule has 0 unspecified atom stereocenters. The van der Waals surface area contributed by atoms with Gasteiger partial charge in [-0.3, -0.25) is 0 Å². The van der Waals surface area contributed by atoms with Crippen molar-refractivity contribution in [2.24, 2.45) is 0 Å². The molecule has 3 heteroatoms. The summed E-state index contributed by atoms with van der Waals surface area (Å²) in [5.74, 6) is 0. The second kappa shape index (κ2) is 2.51. The molecule has 2 aromatic rings. The van der Waals surface area contributed by atoms with E-state index in [9.17, 15) is 0 Å². The summed E-state index contributed by atoms with van der Waals surface area (Å²) in [4.78, 5) is 8.90. The van der Waals surface area contributed by atoms with Gasteiger partial charge < -0.3 is 0 Å². The van der Waals surface area contributed by atoms with E-state index in [2.05, 4.69) is 22.6 Å². The van der Waals surface area contributed by atoms with Crippen LogP contribution in [0.1, 0.15) is 0 Å². The summed E-state index contributed by atoms with van der Waals surface area (Å²) in [5, 5.41) is 1.03. The highest BCUT2D eigenvalue weighted by molar-refractivity contribution is 7.80. The summed E-state index contributed by atoms with van der Waals surface area (Å²) in [6.45, 7) is 0. The first-order valence-electron chi connectivity index (χ1n) is 3.25. The summed E-state index contributed by atoms with van der Waals surface area (Å²) < 4.78 is 0. The molecule has 0 saturated carbocycles. The van der Waals surface area contributed by atoms with Crippen LogP contribution in [0, 0.1) is 0 Å². The number of benzene rings is 1. The van der Waals surface area contributed by atoms with Crippen molar-refractivity contribution < 1.29 is 0 Å². The number of rotatable bonds is 0. The molecule has 11 heavy (non-hydrogen) atoms. The van der Waals surface area contributed by atoms with Crippen molar-refractivity contribution in [2.45, 2.75) is 4.90 Å². The molecule has 0 aliphatic rings. The van der Waals surface area contributed by atoms with E-state index < -0.39 is 0 Å². The van der Waals surface area contributed by atoms with E-state index in [1.165, 1.54) is 6.33 Å². The largest absolute Gasteiger partial charge is 0.244 e. The normalized spacial score (nSPS) is 10.3. The fourth-order valence-electron chi connectivity index (χ4n) is 0.998. The topological polar surface area (TPSA) is 25.8 Å². The zero-order valence-electron chi connectivity index (χ0n) is 5.73. The maximum absolute atomic E-state index is 4.26. The van der Waals surface area contributed by atoms with Crippen LogP contribution in [-0.4, -0.2) is 9.97 Å². The van der Waals surface area contributed by atoms with Gasteiger partial charge in [0, 0.05) is 16.5 Å². The molecular formula is C8H6N2S. The first kappa shape index (κ1) is 6.61. The maximum atomic E-state index is 4.26. The minimum atomic E-state index is 0.893. The van der Waals surface area contributed by atoms with Crippen molar-refractivity contribution in [1.29, 1.82) is 0 Å². The highest BCUT2D eigenvalue weighted by atomic mass is 32.1. The van der Waals surface area contributed by atoms with E-state index in [0.29, 0.717) is 0 Å². The Hall–Kier alpha value is -1.09. The van der Waals surface area contributed by atoms with E-state index in [-0.39, 0.29) is 0 Å². The number of nitrogens with zero attached hydrogens (tertiary/aromatic N) is 2. The molecule has 0 bridgehead atoms. The third-order valence-corrected chi connectivity index (χ3v) is 1.87. The molecule has 0 fully saturated rings. The lowest BCUT2D eigenvalue weighted by atomic mass is 10.2. The number of hydrogen-bond acceptors (Lipinski definition) is 3. The Kier molecular flexibility index (Phi) is 1.51. The fraction of sp³-hybridized carbons (Fsp3) is 0. The SMILES string of the molecule is Sc1cccc2cncnc12. The number of para-hydroxylation sites is 1. The predicted molar refractivity (Wildman–Crippen MR) is 46.8 cm³/mol. The molecule has 1 aromatic carbocycles. The van der Waals surface area contributed by atoms with Crippen LogP contribution in [0.15, 0.2) is 35.6 Å². The monoisotopic (exact) mass is 162 g/mol. The Labute approximate surface area is 69.7 Å². The van der Waals surface area contributed by atoms with Gasteiger partial charge in [0.25, 0.3) is 0 Å². The molecule has 1 heterocycles. The van der Waals surface area contributed by atoms with E-state index >= 15 is 0 Å². The average Bonchev–Trinajstić information content (AvgIpc) is 2.06. The second-order valence-electron chi connectivity index (χ2n) is 2.24. The zero-order valence-corrected chi connectivity index (χ0v) is 6.62. The summed E-state index contributed by atoms with van der Waals surface area (Å²) in [7, 11) is 0. The Morgan fingerprint density at radius 1 is 1.27 bits per heavy atom. The van der Waals surface area contributed by atoms with Crippen molar-refractivity contribution in [1.82, 2.24) is 9.97 Å². The van der Waals surface area contributed by atoms with Gasteiger partial charge in [0.15, 0.2) is 0 Å². The minimum absolute atomic E-state index is 0.893. The van der Waals surface area contributed by atoms with Crippen molar-refractivity contribution in [3.63, 3.8) is 0 Å². The summed E-state index contributed by atoms with van der Waals surface area (Å²) in [5.41, 5.74) is 0.908. The second-order valence-corrected chi connectivity index (χ2v) is 2.72. The van der Waals surface area contributed by atoms with Crippen molar-refractivity contribution in [2.75, 3.05) is 0 Å². The van der Waals surface area contributed by atoms with E-state index in [0.717, 1.165) is 15.8 Å². The van der Waals surface area contributed by atoms with Crippen molar-refractivity contribution >= 4 is 23.5 Å². The Balaban J connectivity index is 2.91. The van der Waals surface area contributed by atoms with Crippen LogP contribution in [-0.2, 0) is 0 Å². The molecule has 0 atom stereocenters. The molecule has 1 aromatic heterocycles. The van der Waals surface area contributed by atoms with Gasteiger partial charge in [-0.1, -0.05) is 12.1 Å². The summed E-state index contributed by atoms with van der Waals surface area (Å²) >= 11 is 4.26. The van der Waals surface area contributed by atoms with Crippen molar-refractivity contribution in [3.05, 3.63) is 30.7 Å². The smallest absolute Gasteiger partial charge is 0.116 e. The molecule has 0 saturated heterocycles. The molecule has 0 aliphatic heterocycles. The Bertz CT molecular complexity index is 381. The lowest BCUT2D eigenvalue weighted by Crippen LogP contribution is -1.80. The molecular weight excluding hydrogens is 156 g/mol. The Morgan fingerprint density at radius 2 is 2.18 bits per heavy atom. The quantitative estimate of drug-likeness (QED) is 0.599. The number of fused-ring (bicyclic) bond motifs is 1. The lowest BCUT2D eigenvalue weighted by molar-refractivity contribution is 1.20. The lowest BCUT2D eigenvalue weighted by Gasteiger charge is -1.96. The van der Waals surface area contributed by atoms with Gasteiger partial charge in [0.05, 0.1) is 5.52 Å². The van der Waals surface area contributed by atoms with Gasteiger partial charge in [-0.25, -0.2) is 9.97 Å². The van der Waals surface area contributed by atoms with Gasteiger partial charge in [0.1, 0.15) is 6.33 Å². The van der Waals surface area contributed by atoms with Crippen LogP contribution in [0.2, 0.25) is 0 Å². The molecule has 0 aliphatic carbocycles. The molecule has 0 N–H and O–H groups in total. The van der Waals surface area contributed by atoms with E-state index in [1.807, 2.05) is 18.2 Å². The van der Waals surface area contributed by atoms with E-state index in [4.69, 9.17) is 0 Å². The van der Waals surface area contributed by atoms with Crippen LogP contribution in [0.4, 0.5) is 0 Å². The third kappa shape index (κ3) is 1.07. The Morgan fingerprint density at radius 3 is 3.00 bits per heavy atom. The standard InChI is InChI=1S/C8H6N2S/c11-7-3-1-2-6-4-9-5-10-8(6)7/h1-5,11H. The molecule has 0 amide bonds. The molecule has 0 radical (unpaired) electrons. The van der Waals surface area contributed by atoms with Gasteiger partial charge in [0.2, 0.25) is 0 Å².